The first kappa shape index (κ1) is 47.3. The fourth-order valence-electron chi connectivity index (χ4n) is 8.76. The van der Waals surface area contributed by atoms with E-state index in [0.29, 0.717) is 34.2 Å². The molecule has 3 aliphatic heterocycles. The van der Waals surface area contributed by atoms with Crippen molar-refractivity contribution in [1.29, 1.82) is 0 Å². The Labute approximate surface area is 377 Å². The number of halogens is 4. The molecule has 2 saturated heterocycles. The van der Waals surface area contributed by atoms with Crippen LogP contribution < -0.4 is 26.0 Å². The summed E-state index contributed by atoms with van der Waals surface area (Å²) in [6.07, 6.45) is -3.91. The number of hydrogen-bond donors (Lipinski definition) is 4. The molecule has 0 bridgehead atoms. The summed E-state index contributed by atoms with van der Waals surface area (Å²) < 4.78 is 77.7. The number of carbonyl (C=O) groups excluding carboxylic acids is 6. The largest absolute Gasteiger partial charge is 0.465 e. The van der Waals surface area contributed by atoms with E-state index in [1.54, 1.807) is 64.1 Å². The third-order valence-electron chi connectivity index (χ3n) is 12.3. The molecule has 0 spiro atoms. The Balaban J connectivity index is 1.16. The summed E-state index contributed by atoms with van der Waals surface area (Å²) in [7, 11) is 2.22. The number of nitrogens with zero attached hydrogens (tertiary/aromatic N) is 3. The average Bonchev–Trinajstić information content (AvgIpc) is 3.93. The number of hydrogen-bond acceptors (Lipinski definition) is 10. The molecule has 4 aromatic rings. The maximum Gasteiger partial charge on any atom is 0.407 e. The van der Waals surface area contributed by atoms with Crippen molar-refractivity contribution in [2.24, 2.45) is 11.8 Å². The molecule has 20 heteroatoms. The van der Waals surface area contributed by atoms with Crippen molar-refractivity contribution >= 4 is 58.5 Å². The van der Waals surface area contributed by atoms with Crippen LogP contribution in [-0.4, -0.2) is 120 Å². The van der Waals surface area contributed by atoms with E-state index in [-0.39, 0.29) is 17.9 Å². The highest BCUT2D eigenvalue weighted by atomic mass is 19.3. The minimum atomic E-state index is -3.37. The molecule has 5 amide bonds. The molecule has 7 rings (SSSR count). The lowest BCUT2D eigenvalue weighted by molar-refractivity contribution is -0.139. The highest BCUT2D eigenvalue weighted by Gasteiger charge is 2.53. The summed E-state index contributed by atoms with van der Waals surface area (Å²) in [5.74, 6) is -9.83. The standard InChI is InChI=1S/C46H51F4N7O9/c1-25(2)37(53-42(62)64-5)40(61)56-23-46(49,50)20-35(56)39(60)51-29-13-15-32-28(16-29)17-33-31-14-12-30(18-36(31)66-41(57(32)33)27-10-8-7-9-11-27)52-38(59)34-19-45(47,48)22-55(34)21-44(24-58,26(3)4)54-43(63)65-6/h7-18,24-26,34-35,37,41H,19-23H2,1-6H3,(H,51,60)(H,52,59)(H,53,62)(H,54,63)/t34-,35-,37-,41?,44+/m0/s1. The van der Waals surface area contributed by atoms with Crippen molar-refractivity contribution in [3.63, 3.8) is 0 Å². The highest BCUT2D eigenvalue weighted by Crippen LogP contribution is 2.46. The van der Waals surface area contributed by atoms with E-state index in [4.69, 9.17) is 4.74 Å². The number of likely N-dealkylation sites (tertiary alicyclic amines) is 2. The molecule has 4 N–H and O–H groups in total. The molecule has 66 heavy (non-hydrogen) atoms. The predicted octanol–water partition coefficient (Wildman–Crippen LogP) is 6.40. The van der Waals surface area contributed by atoms with Gasteiger partial charge in [-0.25, -0.2) is 27.2 Å². The molecule has 2 fully saturated rings. The van der Waals surface area contributed by atoms with Crippen LogP contribution in [0, 0.1) is 11.8 Å². The first-order chi connectivity index (χ1) is 31.2. The zero-order chi connectivity index (χ0) is 47.9. The Morgan fingerprint density at radius 1 is 0.818 bits per heavy atom. The van der Waals surface area contributed by atoms with Crippen molar-refractivity contribution in [1.82, 2.24) is 25.0 Å². The molecule has 1 aromatic heterocycles. The van der Waals surface area contributed by atoms with Crippen LogP contribution >= 0.6 is 0 Å². The normalized spacial score (nSPS) is 20.9. The Kier molecular flexibility index (Phi) is 13.1. The number of methoxy groups -OCH3 is 2. The second-order valence-corrected chi connectivity index (χ2v) is 17.6. The maximum absolute atomic E-state index is 15.0. The SMILES string of the molecule is COC(=O)N[C@H](C(=O)N1CC(F)(F)C[C@H]1C(=O)Nc1ccc2c(c1)cc1n2C(c2ccccc2)Oc2cc(NC(=O)[C@@H]3CC(F)(F)CN3C[C@](C=O)(NC(=O)OC)C(C)C)ccc2-1)C(C)C. The first-order valence-corrected chi connectivity index (χ1v) is 21.3. The van der Waals surface area contributed by atoms with Gasteiger partial charge in [-0.1, -0.05) is 58.0 Å². The third-order valence-corrected chi connectivity index (χ3v) is 12.3. The van der Waals surface area contributed by atoms with E-state index >= 15 is 8.78 Å². The van der Waals surface area contributed by atoms with E-state index in [2.05, 4.69) is 30.7 Å². The van der Waals surface area contributed by atoms with Crippen molar-refractivity contribution in [2.75, 3.05) is 44.5 Å². The number of aromatic nitrogens is 1. The van der Waals surface area contributed by atoms with Gasteiger partial charge in [0.05, 0.1) is 44.6 Å². The Morgan fingerprint density at radius 3 is 2.08 bits per heavy atom. The number of alkyl carbamates (subject to hydrolysis) is 2. The number of fused-ring (bicyclic) bond motifs is 5. The lowest BCUT2D eigenvalue weighted by Gasteiger charge is -2.37. The van der Waals surface area contributed by atoms with Gasteiger partial charge < -0.3 is 49.7 Å². The van der Waals surface area contributed by atoms with Gasteiger partial charge in [0.2, 0.25) is 23.9 Å². The number of carbonyl (C=O) groups is 6. The number of alkyl halides is 4. The minimum absolute atomic E-state index is 0.235. The molecular weight excluding hydrogens is 871 g/mol. The van der Waals surface area contributed by atoms with E-state index in [9.17, 15) is 37.5 Å². The van der Waals surface area contributed by atoms with Crippen molar-refractivity contribution in [3.8, 4) is 17.0 Å². The number of benzene rings is 3. The van der Waals surface area contributed by atoms with Crippen LogP contribution in [0.5, 0.6) is 5.75 Å². The Morgan fingerprint density at radius 2 is 1.44 bits per heavy atom. The van der Waals surface area contributed by atoms with E-state index < -0.39 is 109 Å². The number of amides is 5. The summed E-state index contributed by atoms with van der Waals surface area (Å²) in [4.78, 5) is 79.7. The molecule has 3 aliphatic rings. The summed E-state index contributed by atoms with van der Waals surface area (Å²) in [6, 6.07) is 16.8. The fraction of sp³-hybridized carbons (Fsp3) is 0.435. The molecule has 0 aliphatic carbocycles. The molecule has 0 saturated carbocycles. The molecule has 3 aromatic carbocycles. The highest BCUT2D eigenvalue weighted by molar-refractivity contribution is 6.01. The molecule has 16 nitrogen and oxygen atoms in total. The molecule has 0 radical (unpaired) electrons. The lowest BCUT2D eigenvalue weighted by atomic mass is 9.87. The monoisotopic (exact) mass is 921 g/mol. The minimum Gasteiger partial charge on any atom is -0.465 e. The smallest absolute Gasteiger partial charge is 0.407 e. The van der Waals surface area contributed by atoms with Crippen LogP contribution in [0.2, 0.25) is 0 Å². The molecule has 4 heterocycles. The topological polar surface area (TPSA) is 190 Å². The van der Waals surface area contributed by atoms with Crippen LogP contribution in [0.3, 0.4) is 0 Å². The van der Waals surface area contributed by atoms with Crippen LogP contribution in [0.25, 0.3) is 22.2 Å². The molecule has 5 atom stereocenters. The second-order valence-electron chi connectivity index (χ2n) is 17.6. The predicted molar refractivity (Wildman–Crippen MR) is 233 cm³/mol. The van der Waals surface area contributed by atoms with Gasteiger partial charge in [-0.2, -0.15) is 0 Å². The number of rotatable bonds is 13. The third kappa shape index (κ3) is 9.50. The van der Waals surface area contributed by atoms with Gasteiger partial charge in [0, 0.05) is 53.3 Å². The summed E-state index contributed by atoms with van der Waals surface area (Å²) in [5.41, 5.74) is 1.55. The van der Waals surface area contributed by atoms with Crippen LogP contribution in [-0.2, 0) is 28.7 Å². The number of anilines is 2. The zero-order valence-electron chi connectivity index (χ0n) is 37.0. The van der Waals surface area contributed by atoms with Crippen molar-refractivity contribution < 1.29 is 60.5 Å². The van der Waals surface area contributed by atoms with Gasteiger partial charge in [-0.3, -0.25) is 19.3 Å². The van der Waals surface area contributed by atoms with E-state index in [1.807, 2.05) is 41.0 Å². The Hall–Kier alpha value is -6.70. The maximum atomic E-state index is 15.0. The molecule has 1 unspecified atom stereocenters. The van der Waals surface area contributed by atoms with Gasteiger partial charge >= 0.3 is 12.2 Å². The van der Waals surface area contributed by atoms with E-state index in [1.165, 1.54) is 4.90 Å². The average molecular weight is 922 g/mol. The molecular formula is C46H51F4N7O9. The van der Waals surface area contributed by atoms with Gasteiger partial charge in [-0.15, -0.1) is 0 Å². The summed E-state index contributed by atoms with van der Waals surface area (Å²) >= 11 is 0. The first-order valence-electron chi connectivity index (χ1n) is 21.3. The summed E-state index contributed by atoms with van der Waals surface area (Å²) in [6.45, 7) is 4.29. The summed E-state index contributed by atoms with van der Waals surface area (Å²) in [5, 5.41) is 10.9. The zero-order valence-corrected chi connectivity index (χ0v) is 37.0. The van der Waals surface area contributed by atoms with Gasteiger partial charge in [-0.05, 0) is 48.2 Å². The van der Waals surface area contributed by atoms with Gasteiger partial charge in [0.1, 0.15) is 29.7 Å². The number of ether oxygens (including phenoxy) is 3. The fourth-order valence-corrected chi connectivity index (χ4v) is 8.76. The van der Waals surface area contributed by atoms with Crippen LogP contribution in [0.15, 0.2) is 72.8 Å². The molecule has 352 valence electrons. The van der Waals surface area contributed by atoms with Crippen molar-refractivity contribution in [3.05, 3.63) is 78.4 Å². The van der Waals surface area contributed by atoms with E-state index in [0.717, 1.165) is 24.7 Å². The number of nitrogens with one attached hydrogen (secondary N) is 4. The Bertz CT molecular complexity index is 2540. The van der Waals surface area contributed by atoms with Crippen LogP contribution in [0.4, 0.5) is 38.5 Å². The second kappa shape index (κ2) is 18.3. The lowest BCUT2D eigenvalue weighted by Crippen LogP contribution is -2.61. The number of aldehydes is 1. The van der Waals surface area contributed by atoms with Crippen molar-refractivity contribution in [2.45, 2.75) is 82.3 Å². The quantitative estimate of drug-likeness (QED) is 0.0863. The van der Waals surface area contributed by atoms with Crippen LogP contribution in [0.1, 0.15) is 52.3 Å². The van der Waals surface area contributed by atoms with Gasteiger partial charge in [0.25, 0.3) is 11.8 Å². The van der Waals surface area contributed by atoms with Gasteiger partial charge in [0.15, 0.2) is 0 Å².